The number of carbonyl (C=O) groups excluding carboxylic acids is 1. The summed E-state index contributed by atoms with van der Waals surface area (Å²) in [5.74, 6) is 1.11. The number of aryl methyl sites for hydroxylation is 1. The van der Waals surface area contributed by atoms with Crippen LogP contribution in [0.4, 0.5) is 5.82 Å². The monoisotopic (exact) mass is 326 g/mol. The number of pyridine rings is 1. The van der Waals surface area contributed by atoms with E-state index in [0.29, 0.717) is 12.4 Å². The van der Waals surface area contributed by atoms with Crippen molar-refractivity contribution in [2.75, 3.05) is 25.6 Å². The van der Waals surface area contributed by atoms with Gasteiger partial charge in [-0.25, -0.2) is 9.97 Å². The Labute approximate surface area is 141 Å². The van der Waals surface area contributed by atoms with Gasteiger partial charge in [-0.2, -0.15) is 0 Å². The van der Waals surface area contributed by atoms with Crippen LogP contribution in [0, 0.1) is 5.92 Å². The quantitative estimate of drug-likeness (QED) is 0.785. The molecule has 1 unspecified atom stereocenters. The van der Waals surface area contributed by atoms with Crippen LogP contribution in [0.3, 0.4) is 0 Å². The molecule has 0 N–H and O–H groups in total. The van der Waals surface area contributed by atoms with Crippen molar-refractivity contribution in [1.29, 1.82) is 0 Å². The van der Waals surface area contributed by atoms with Gasteiger partial charge in [0.2, 0.25) is 0 Å². The zero-order valence-corrected chi connectivity index (χ0v) is 14.3. The number of fused-ring (bicyclic) bond motifs is 1. The Bertz CT molecular complexity index is 733. The van der Waals surface area contributed by atoms with Crippen LogP contribution in [0.5, 0.6) is 0 Å². The van der Waals surface area contributed by atoms with E-state index in [1.165, 1.54) is 12.7 Å². The summed E-state index contributed by atoms with van der Waals surface area (Å²) in [6, 6.07) is 5.72. The first kappa shape index (κ1) is 16.4. The standard InChI is InChI=1S/C18H22N4O2/c1-12(18(23)24-3)11-22(2)17-13-7-6-9-14(13)20-16(21-17)15-8-4-5-10-19-15/h4-5,8,10,12H,6-7,9,11H2,1-3H3. The van der Waals surface area contributed by atoms with Crippen LogP contribution in [0.1, 0.15) is 24.6 Å². The number of hydrogen-bond acceptors (Lipinski definition) is 6. The summed E-state index contributed by atoms with van der Waals surface area (Å²) in [5.41, 5.74) is 3.05. The van der Waals surface area contributed by atoms with Gasteiger partial charge in [0.05, 0.1) is 13.0 Å². The van der Waals surface area contributed by atoms with Gasteiger partial charge < -0.3 is 9.64 Å². The predicted molar refractivity (Wildman–Crippen MR) is 91.7 cm³/mol. The molecule has 0 aliphatic heterocycles. The Morgan fingerprint density at radius 2 is 2.17 bits per heavy atom. The smallest absolute Gasteiger partial charge is 0.310 e. The summed E-state index contributed by atoms with van der Waals surface area (Å²) in [6.07, 6.45) is 4.77. The number of ether oxygens (including phenoxy) is 1. The number of aromatic nitrogens is 3. The van der Waals surface area contributed by atoms with Gasteiger partial charge in [-0.1, -0.05) is 13.0 Å². The van der Waals surface area contributed by atoms with Crippen molar-refractivity contribution in [2.45, 2.75) is 26.2 Å². The lowest BCUT2D eigenvalue weighted by Gasteiger charge is -2.24. The van der Waals surface area contributed by atoms with Crippen LogP contribution in [0.25, 0.3) is 11.5 Å². The molecular formula is C18H22N4O2. The van der Waals surface area contributed by atoms with Crippen LogP contribution in [-0.4, -0.2) is 41.6 Å². The maximum absolute atomic E-state index is 11.7. The highest BCUT2D eigenvalue weighted by molar-refractivity contribution is 5.72. The van der Waals surface area contributed by atoms with Gasteiger partial charge in [-0.05, 0) is 31.4 Å². The molecule has 0 fully saturated rings. The molecule has 1 aliphatic rings. The highest BCUT2D eigenvalue weighted by atomic mass is 16.5. The first-order chi connectivity index (χ1) is 11.6. The lowest BCUT2D eigenvalue weighted by Crippen LogP contribution is -2.30. The molecule has 3 rings (SSSR count). The van der Waals surface area contributed by atoms with Crippen LogP contribution < -0.4 is 4.90 Å². The van der Waals surface area contributed by atoms with Crippen LogP contribution in [0.15, 0.2) is 24.4 Å². The van der Waals surface area contributed by atoms with E-state index in [1.807, 2.05) is 37.1 Å². The van der Waals surface area contributed by atoms with Crippen LogP contribution >= 0.6 is 0 Å². The van der Waals surface area contributed by atoms with Gasteiger partial charge in [-0.3, -0.25) is 9.78 Å². The van der Waals surface area contributed by atoms with Gasteiger partial charge in [0.25, 0.3) is 0 Å². The molecule has 0 radical (unpaired) electrons. The fourth-order valence-corrected chi connectivity index (χ4v) is 3.11. The Morgan fingerprint density at radius 1 is 1.33 bits per heavy atom. The van der Waals surface area contributed by atoms with Crippen LogP contribution in [-0.2, 0) is 22.4 Å². The molecule has 6 heteroatoms. The van der Waals surface area contributed by atoms with Crippen LogP contribution in [0.2, 0.25) is 0 Å². The predicted octanol–water partition coefficient (Wildman–Crippen LogP) is 2.27. The zero-order chi connectivity index (χ0) is 17.1. The molecule has 0 spiro atoms. The van der Waals surface area contributed by atoms with Gasteiger partial charge in [-0.15, -0.1) is 0 Å². The summed E-state index contributed by atoms with van der Waals surface area (Å²) in [5, 5.41) is 0. The molecule has 0 saturated carbocycles. The van der Waals surface area contributed by atoms with Gasteiger partial charge >= 0.3 is 5.97 Å². The Balaban J connectivity index is 1.95. The first-order valence-electron chi connectivity index (χ1n) is 8.20. The summed E-state index contributed by atoms with van der Waals surface area (Å²) >= 11 is 0. The highest BCUT2D eigenvalue weighted by Gasteiger charge is 2.24. The average molecular weight is 326 g/mol. The number of rotatable bonds is 5. The van der Waals surface area contributed by atoms with Gasteiger partial charge in [0, 0.05) is 31.0 Å². The third-order valence-corrected chi connectivity index (χ3v) is 4.32. The second-order valence-electron chi connectivity index (χ2n) is 6.17. The molecule has 2 aromatic heterocycles. The van der Waals surface area contributed by atoms with E-state index in [9.17, 15) is 4.79 Å². The minimum Gasteiger partial charge on any atom is -0.469 e. The molecule has 2 heterocycles. The van der Waals surface area contributed by atoms with Crippen molar-refractivity contribution in [1.82, 2.24) is 15.0 Å². The number of methoxy groups -OCH3 is 1. The molecule has 1 atom stereocenters. The molecule has 24 heavy (non-hydrogen) atoms. The topological polar surface area (TPSA) is 68.2 Å². The molecule has 0 bridgehead atoms. The van der Waals surface area contributed by atoms with E-state index >= 15 is 0 Å². The van der Waals surface area contributed by atoms with E-state index in [1.54, 1.807) is 6.20 Å². The summed E-state index contributed by atoms with van der Waals surface area (Å²) in [4.78, 5) is 27.6. The number of nitrogens with zero attached hydrogens (tertiary/aromatic N) is 4. The highest BCUT2D eigenvalue weighted by Crippen LogP contribution is 2.30. The summed E-state index contributed by atoms with van der Waals surface area (Å²) in [6.45, 7) is 2.42. The summed E-state index contributed by atoms with van der Waals surface area (Å²) in [7, 11) is 3.38. The lowest BCUT2D eigenvalue weighted by molar-refractivity contribution is -0.144. The normalized spacial score (nSPS) is 14.1. The van der Waals surface area contributed by atoms with Crippen molar-refractivity contribution >= 4 is 11.8 Å². The van der Waals surface area contributed by atoms with E-state index in [0.717, 1.165) is 36.5 Å². The minimum absolute atomic E-state index is 0.211. The molecule has 0 saturated heterocycles. The molecule has 126 valence electrons. The van der Waals surface area contributed by atoms with Gasteiger partial charge in [0.1, 0.15) is 11.5 Å². The van der Waals surface area contributed by atoms with E-state index < -0.39 is 0 Å². The Hall–Kier alpha value is -2.50. The maximum atomic E-state index is 11.7. The van der Waals surface area contributed by atoms with Crippen molar-refractivity contribution in [3.05, 3.63) is 35.7 Å². The molecule has 0 aromatic carbocycles. The lowest BCUT2D eigenvalue weighted by atomic mass is 10.1. The third kappa shape index (κ3) is 3.22. The second kappa shape index (κ2) is 6.95. The number of hydrogen-bond donors (Lipinski definition) is 0. The van der Waals surface area contributed by atoms with Crippen molar-refractivity contribution in [3.8, 4) is 11.5 Å². The first-order valence-corrected chi connectivity index (χ1v) is 8.20. The molecule has 0 amide bonds. The number of esters is 1. The minimum atomic E-state index is -0.217. The van der Waals surface area contributed by atoms with E-state index in [-0.39, 0.29) is 11.9 Å². The van der Waals surface area contributed by atoms with E-state index in [4.69, 9.17) is 14.7 Å². The molecule has 2 aromatic rings. The summed E-state index contributed by atoms with van der Waals surface area (Å²) < 4.78 is 4.83. The third-order valence-electron chi connectivity index (χ3n) is 4.32. The average Bonchev–Trinajstić information content (AvgIpc) is 3.09. The fraction of sp³-hybridized carbons (Fsp3) is 0.444. The second-order valence-corrected chi connectivity index (χ2v) is 6.17. The van der Waals surface area contributed by atoms with Crippen molar-refractivity contribution in [2.24, 2.45) is 5.92 Å². The number of anilines is 1. The van der Waals surface area contributed by atoms with E-state index in [2.05, 4.69) is 4.98 Å². The largest absolute Gasteiger partial charge is 0.469 e. The van der Waals surface area contributed by atoms with Crippen molar-refractivity contribution < 1.29 is 9.53 Å². The molecular weight excluding hydrogens is 304 g/mol. The Morgan fingerprint density at radius 3 is 2.88 bits per heavy atom. The zero-order valence-electron chi connectivity index (χ0n) is 14.3. The molecule has 1 aliphatic carbocycles. The maximum Gasteiger partial charge on any atom is 0.310 e. The molecule has 6 nitrogen and oxygen atoms in total. The fourth-order valence-electron chi connectivity index (χ4n) is 3.11. The SMILES string of the molecule is COC(=O)C(C)CN(C)c1nc(-c2ccccn2)nc2c1CCC2. The van der Waals surface area contributed by atoms with Crippen molar-refractivity contribution in [3.63, 3.8) is 0 Å². The van der Waals surface area contributed by atoms with Gasteiger partial charge in [0.15, 0.2) is 5.82 Å². The Kier molecular flexibility index (Phi) is 4.74. The number of carbonyl (C=O) groups is 1.